The molecule has 0 bridgehead atoms. The van der Waals surface area contributed by atoms with Crippen LogP contribution < -0.4 is 51.4 Å². The Labute approximate surface area is 211 Å². The van der Waals surface area contributed by atoms with Crippen LogP contribution in [0.5, 0.6) is 0 Å². The van der Waals surface area contributed by atoms with E-state index in [4.69, 9.17) is 0 Å². The van der Waals surface area contributed by atoms with E-state index in [1.54, 1.807) is 0 Å². The first-order chi connectivity index (χ1) is 12.4. The topological polar surface area (TPSA) is 77.4 Å². The Bertz CT molecular complexity index is 401. The molecule has 0 saturated heterocycles. The van der Waals surface area contributed by atoms with Gasteiger partial charge in [0.1, 0.15) is 0 Å². The summed E-state index contributed by atoms with van der Waals surface area (Å²) in [7, 11) is -4.15. The Morgan fingerprint density at radius 1 is 0.667 bits per heavy atom. The van der Waals surface area contributed by atoms with Crippen LogP contribution in [0, 0.1) is 0 Å². The fourth-order valence-corrected chi connectivity index (χ4v) is 4.43. The summed E-state index contributed by atoms with van der Waals surface area (Å²) in [5.41, 5.74) is 0. The molecule has 2 unspecified atom stereocenters. The van der Waals surface area contributed by atoms with Crippen LogP contribution in [0.1, 0.15) is 123 Å². The summed E-state index contributed by atoms with van der Waals surface area (Å²) in [4.78, 5) is 0. The normalized spacial score (nSPS) is 13.9. The molecule has 0 fully saturated rings. The first-order valence-electron chi connectivity index (χ1n) is 11.0. The monoisotopic (exact) mass is 430 g/mol. The van der Waals surface area contributed by atoms with Crippen molar-refractivity contribution in [2.75, 3.05) is 0 Å². The predicted molar refractivity (Wildman–Crippen MR) is 109 cm³/mol. The summed E-state index contributed by atoms with van der Waals surface area (Å²) in [5.74, 6) is 0. The maximum absolute atomic E-state index is 11.4. The van der Waals surface area contributed by atoms with Crippen molar-refractivity contribution in [1.29, 1.82) is 0 Å². The Hall–Kier alpha value is 1.51. The SMILES string of the molecule is CCCCCCCC(CCCCCCCCCC(O)CCC)S(=O)(=O)[O-].[K+]. The van der Waals surface area contributed by atoms with Gasteiger partial charge in [-0.15, -0.1) is 0 Å². The van der Waals surface area contributed by atoms with Crippen molar-refractivity contribution in [3.8, 4) is 0 Å². The van der Waals surface area contributed by atoms with Gasteiger partial charge in [-0.1, -0.05) is 97.3 Å². The number of aliphatic hydroxyl groups excluding tert-OH is 1. The van der Waals surface area contributed by atoms with Crippen LogP contribution >= 0.6 is 0 Å². The molecule has 4 nitrogen and oxygen atoms in total. The van der Waals surface area contributed by atoms with Crippen LogP contribution in [0.2, 0.25) is 0 Å². The average Bonchev–Trinajstić information content (AvgIpc) is 2.57. The van der Waals surface area contributed by atoms with E-state index < -0.39 is 15.4 Å². The molecule has 2 atom stereocenters. The maximum atomic E-state index is 11.4. The minimum Gasteiger partial charge on any atom is -0.748 e. The zero-order valence-electron chi connectivity index (χ0n) is 18.3. The maximum Gasteiger partial charge on any atom is 1.00 e. The minimum atomic E-state index is -4.15. The van der Waals surface area contributed by atoms with Crippen LogP contribution in [0.4, 0.5) is 0 Å². The second-order valence-corrected chi connectivity index (χ2v) is 9.46. The quantitative estimate of drug-likeness (QED) is 0.194. The number of rotatable bonds is 19. The molecular formula is C21H43KO4S. The van der Waals surface area contributed by atoms with Crippen molar-refractivity contribution in [3.63, 3.8) is 0 Å². The standard InChI is InChI=1S/C21H44O4S.K/c1-3-5-6-10-14-18-21(26(23,24)25)19-15-12-9-7-8-11-13-17-20(22)16-4-2;/h20-22H,3-19H2,1-2H3,(H,23,24,25);/q;+1/p-1. The van der Waals surface area contributed by atoms with Crippen LogP contribution in [-0.2, 0) is 10.1 Å². The molecule has 1 N–H and O–H groups in total. The Balaban J connectivity index is 0. The van der Waals surface area contributed by atoms with Crippen molar-refractivity contribution in [2.45, 2.75) is 134 Å². The second kappa shape index (κ2) is 20.8. The van der Waals surface area contributed by atoms with Crippen LogP contribution in [0.15, 0.2) is 0 Å². The predicted octanol–water partition coefficient (Wildman–Crippen LogP) is 2.94. The minimum absolute atomic E-state index is 0. The van der Waals surface area contributed by atoms with E-state index in [-0.39, 0.29) is 57.5 Å². The van der Waals surface area contributed by atoms with E-state index in [2.05, 4.69) is 13.8 Å². The number of hydrogen-bond acceptors (Lipinski definition) is 4. The van der Waals surface area contributed by atoms with Gasteiger partial charge in [0.25, 0.3) is 0 Å². The molecule has 0 amide bonds. The van der Waals surface area contributed by atoms with Crippen LogP contribution in [-0.4, -0.2) is 29.4 Å². The van der Waals surface area contributed by atoms with Gasteiger partial charge in [-0.3, -0.25) is 0 Å². The molecule has 0 aliphatic rings. The fraction of sp³-hybridized carbons (Fsp3) is 1.00. The van der Waals surface area contributed by atoms with E-state index >= 15 is 0 Å². The number of hydrogen-bond donors (Lipinski definition) is 1. The summed E-state index contributed by atoms with van der Waals surface area (Å²) in [6.07, 6.45) is 16.7. The largest absolute Gasteiger partial charge is 1.00 e. The molecule has 0 aromatic carbocycles. The summed E-state index contributed by atoms with van der Waals surface area (Å²) in [6.45, 7) is 4.25. The van der Waals surface area contributed by atoms with Crippen molar-refractivity contribution in [3.05, 3.63) is 0 Å². The van der Waals surface area contributed by atoms with E-state index in [0.717, 1.165) is 77.0 Å². The molecule has 27 heavy (non-hydrogen) atoms. The smallest absolute Gasteiger partial charge is 0.748 e. The van der Waals surface area contributed by atoms with Crippen molar-refractivity contribution >= 4 is 10.1 Å². The fourth-order valence-electron chi connectivity index (χ4n) is 3.52. The number of unbranched alkanes of at least 4 members (excludes halogenated alkanes) is 10. The van der Waals surface area contributed by atoms with Crippen molar-refractivity contribution in [2.24, 2.45) is 0 Å². The Morgan fingerprint density at radius 3 is 1.48 bits per heavy atom. The molecule has 0 radical (unpaired) electrons. The number of aliphatic hydroxyl groups is 1. The molecule has 0 heterocycles. The Kier molecular flexibility index (Phi) is 23.6. The molecule has 0 aliphatic heterocycles. The molecule has 0 rings (SSSR count). The van der Waals surface area contributed by atoms with Gasteiger partial charge >= 0.3 is 51.4 Å². The summed E-state index contributed by atoms with van der Waals surface area (Å²) in [5, 5.41) is 8.99. The molecule has 0 aromatic rings. The van der Waals surface area contributed by atoms with Gasteiger partial charge in [0.05, 0.1) is 16.2 Å². The van der Waals surface area contributed by atoms with E-state index in [1.807, 2.05) is 0 Å². The molecule has 0 saturated carbocycles. The average molecular weight is 431 g/mol. The van der Waals surface area contributed by atoms with Gasteiger partial charge < -0.3 is 9.66 Å². The van der Waals surface area contributed by atoms with Crippen LogP contribution in [0.25, 0.3) is 0 Å². The first-order valence-corrected chi connectivity index (χ1v) is 12.5. The van der Waals surface area contributed by atoms with Gasteiger partial charge in [-0.25, -0.2) is 8.42 Å². The van der Waals surface area contributed by atoms with Crippen molar-refractivity contribution in [1.82, 2.24) is 0 Å². The first kappa shape index (κ1) is 30.7. The van der Waals surface area contributed by atoms with Gasteiger partial charge in [0, 0.05) is 5.25 Å². The van der Waals surface area contributed by atoms with Gasteiger partial charge in [0.15, 0.2) is 0 Å². The van der Waals surface area contributed by atoms with E-state index in [9.17, 15) is 18.1 Å². The zero-order valence-corrected chi connectivity index (χ0v) is 22.2. The van der Waals surface area contributed by atoms with Crippen molar-refractivity contribution < 1.29 is 69.5 Å². The molecule has 0 aromatic heterocycles. The second-order valence-electron chi connectivity index (χ2n) is 7.81. The molecule has 0 aliphatic carbocycles. The van der Waals surface area contributed by atoms with Gasteiger partial charge in [-0.2, -0.15) is 0 Å². The summed E-state index contributed by atoms with van der Waals surface area (Å²) < 4.78 is 34.2. The molecule has 158 valence electrons. The third-order valence-corrected chi connectivity index (χ3v) is 6.51. The molecule has 6 heteroatoms. The van der Waals surface area contributed by atoms with E-state index in [0.29, 0.717) is 12.8 Å². The summed E-state index contributed by atoms with van der Waals surface area (Å²) >= 11 is 0. The third-order valence-electron chi connectivity index (χ3n) is 5.22. The van der Waals surface area contributed by atoms with Gasteiger partial charge in [-0.05, 0) is 25.7 Å². The van der Waals surface area contributed by atoms with E-state index in [1.165, 1.54) is 19.3 Å². The zero-order chi connectivity index (χ0) is 19.7. The van der Waals surface area contributed by atoms with Crippen LogP contribution in [0.3, 0.4) is 0 Å². The summed E-state index contributed by atoms with van der Waals surface area (Å²) in [6, 6.07) is 0. The third kappa shape index (κ3) is 20.6. The molecular weight excluding hydrogens is 387 g/mol. The Morgan fingerprint density at radius 2 is 1.07 bits per heavy atom. The molecule has 0 spiro atoms. The van der Waals surface area contributed by atoms with Gasteiger partial charge in [0.2, 0.25) is 0 Å².